The van der Waals surface area contributed by atoms with E-state index in [-0.39, 0.29) is 12.7 Å². The Morgan fingerprint density at radius 3 is 2.96 bits per heavy atom. The summed E-state index contributed by atoms with van der Waals surface area (Å²) in [5.74, 6) is 1.11. The van der Waals surface area contributed by atoms with Crippen LogP contribution in [0.15, 0.2) is 35.4 Å². The first-order valence-corrected chi connectivity index (χ1v) is 7.06. The number of aromatic amines is 1. The molecule has 0 unspecified atom stereocenters. The first-order chi connectivity index (χ1) is 11.1. The van der Waals surface area contributed by atoms with E-state index in [1.165, 1.54) is 0 Å². The Hall–Kier alpha value is -3.09. The van der Waals surface area contributed by atoms with E-state index in [0.717, 1.165) is 22.8 Å². The van der Waals surface area contributed by atoms with Crippen molar-refractivity contribution in [2.24, 2.45) is 5.10 Å². The summed E-state index contributed by atoms with van der Waals surface area (Å²) >= 11 is 0. The third-order valence-corrected chi connectivity index (χ3v) is 3.19. The Morgan fingerprint density at radius 1 is 1.35 bits per heavy atom. The van der Waals surface area contributed by atoms with E-state index in [4.69, 9.17) is 9.47 Å². The van der Waals surface area contributed by atoms with Crippen LogP contribution in [0.25, 0.3) is 6.08 Å². The number of nitrogens with zero attached hydrogens (tertiary/aromatic N) is 2. The summed E-state index contributed by atoms with van der Waals surface area (Å²) in [4.78, 5) is 11.8. The second kappa shape index (κ2) is 6.35. The number of hydrazone groups is 1. The van der Waals surface area contributed by atoms with Gasteiger partial charge in [-0.15, -0.1) is 0 Å². The largest absolute Gasteiger partial charge is 0.454 e. The molecule has 1 aliphatic heterocycles. The van der Waals surface area contributed by atoms with Gasteiger partial charge in [-0.25, -0.2) is 5.43 Å². The molecule has 0 spiro atoms. The van der Waals surface area contributed by atoms with Gasteiger partial charge in [0.15, 0.2) is 17.2 Å². The number of carbonyl (C=O) groups excluding carboxylic acids is 1. The molecule has 0 bridgehead atoms. The highest BCUT2D eigenvalue weighted by atomic mass is 16.7. The fourth-order valence-corrected chi connectivity index (χ4v) is 2.00. The molecule has 7 heteroatoms. The van der Waals surface area contributed by atoms with Gasteiger partial charge in [-0.05, 0) is 43.7 Å². The van der Waals surface area contributed by atoms with E-state index < -0.39 is 0 Å². The van der Waals surface area contributed by atoms with Crippen LogP contribution in [0.3, 0.4) is 0 Å². The fraction of sp³-hybridized carbons (Fsp3) is 0.188. The molecule has 0 saturated heterocycles. The molecule has 1 amide bonds. The smallest absolute Gasteiger partial charge is 0.291 e. The van der Waals surface area contributed by atoms with Gasteiger partial charge in [0.25, 0.3) is 5.91 Å². The van der Waals surface area contributed by atoms with Crippen molar-refractivity contribution in [1.29, 1.82) is 0 Å². The number of rotatable bonds is 4. The molecular formula is C16H16N4O3. The molecule has 3 rings (SSSR count). The number of hydrogen-bond acceptors (Lipinski definition) is 5. The van der Waals surface area contributed by atoms with E-state index in [2.05, 4.69) is 20.7 Å². The van der Waals surface area contributed by atoms with Crippen molar-refractivity contribution in [3.05, 3.63) is 47.3 Å². The highest BCUT2D eigenvalue weighted by Gasteiger charge is 2.12. The van der Waals surface area contributed by atoms with Gasteiger partial charge in [0, 0.05) is 5.69 Å². The molecule has 1 aromatic carbocycles. The number of aryl methyl sites for hydroxylation is 1. The van der Waals surface area contributed by atoms with E-state index in [9.17, 15) is 4.79 Å². The number of carbonyl (C=O) groups is 1. The zero-order chi connectivity index (χ0) is 16.2. The minimum atomic E-state index is -0.356. The van der Waals surface area contributed by atoms with E-state index in [0.29, 0.717) is 11.4 Å². The highest BCUT2D eigenvalue weighted by molar-refractivity contribution is 5.98. The van der Waals surface area contributed by atoms with Crippen LogP contribution in [0.1, 0.15) is 28.7 Å². The topological polar surface area (TPSA) is 88.6 Å². The summed E-state index contributed by atoms with van der Waals surface area (Å²) in [6.07, 6.45) is 3.68. The Balaban J connectivity index is 1.61. The fourth-order valence-electron chi connectivity index (χ4n) is 2.00. The second-order valence-corrected chi connectivity index (χ2v) is 5.08. The van der Waals surface area contributed by atoms with Gasteiger partial charge in [-0.3, -0.25) is 9.89 Å². The lowest BCUT2D eigenvalue weighted by Crippen LogP contribution is -2.19. The van der Waals surface area contributed by atoms with Crippen LogP contribution in [0.5, 0.6) is 11.5 Å². The molecule has 7 nitrogen and oxygen atoms in total. The monoisotopic (exact) mass is 312 g/mol. The first kappa shape index (κ1) is 14.8. The number of fused-ring (bicyclic) bond motifs is 1. The number of nitrogens with one attached hydrogen (secondary N) is 2. The minimum absolute atomic E-state index is 0.252. The number of benzene rings is 1. The van der Waals surface area contributed by atoms with Gasteiger partial charge in [0.2, 0.25) is 6.79 Å². The lowest BCUT2D eigenvalue weighted by atomic mass is 10.2. The van der Waals surface area contributed by atoms with E-state index >= 15 is 0 Å². The van der Waals surface area contributed by atoms with Crippen LogP contribution < -0.4 is 14.9 Å². The molecule has 118 valence electrons. The van der Waals surface area contributed by atoms with Gasteiger partial charge in [0.1, 0.15) is 0 Å². The molecule has 0 atom stereocenters. The predicted molar refractivity (Wildman–Crippen MR) is 85.5 cm³/mol. The maximum atomic E-state index is 11.8. The molecule has 2 aromatic rings. The molecule has 0 radical (unpaired) electrons. The molecule has 23 heavy (non-hydrogen) atoms. The van der Waals surface area contributed by atoms with Gasteiger partial charge < -0.3 is 9.47 Å². The molecule has 2 N–H and O–H groups in total. The SMILES string of the molecule is CC(/C=C/c1ccc2c(c1)OCO2)=N\NC(=O)c1cc(C)[nH]n1. The Kier molecular flexibility index (Phi) is 4.09. The Morgan fingerprint density at radius 2 is 2.17 bits per heavy atom. The standard InChI is InChI=1S/C16H16N4O3/c1-10(17-20-16(21)13-7-11(2)18-19-13)3-4-12-5-6-14-15(8-12)23-9-22-14/h3-8H,9H2,1-2H3,(H,18,19)(H,20,21)/b4-3+,17-10+. The molecule has 0 fully saturated rings. The van der Waals surface area contributed by atoms with Crippen LogP contribution in [0.2, 0.25) is 0 Å². The number of hydrogen-bond donors (Lipinski definition) is 2. The van der Waals surface area contributed by atoms with Crippen LogP contribution in [0, 0.1) is 6.92 Å². The average molecular weight is 312 g/mol. The molecule has 0 saturated carbocycles. The van der Waals surface area contributed by atoms with Gasteiger partial charge in [-0.2, -0.15) is 10.2 Å². The number of allylic oxidation sites excluding steroid dienone is 1. The third-order valence-electron chi connectivity index (χ3n) is 3.19. The van der Waals surface area contributed by atoms with Crippen molar-refractivity contribution in [3.63, 3.8) is 0 Å². The highest BCUT2D eigenvalue weighted by Crippen LogP contribution is 2.32. The van der Waals surface area contributed by atoms with Crippen LogP contribution >= 0.6 is 0 Å². The predicted octanol–water partition coefficient (Wildman–Crippen LogP) is 2.27. The van der Waals surface area contributed by atoms with Gasteiger partial charge in [-0.1, -0.05) is 12.1 Å². The summed E-state index contributed by atoms with van der Waals surface area (Å²) in [5, 5.41) is 10.6. The van der Waals surface area contributed by atoms with Crippen LogP contribution in [-0.4, -0.2) is 28.6 Å². The quantitative estimate of drug-likeness (QED) is 0.669. The molecule has 1 aliphatic rings. The third kappa shape index (κ3) is 3.57. The Labute approximate surface area is 133 Å². The van der Waals surface area contributed by atoms with Gasteiger partial charge in [0.05, 0.1) is 5.71 Å². The van der Waals surface area contributed by atoms with Crippen molar-refractivity contribution in [3.8, 4) is 11.5 Å². The van der Waals surface area contributed by atoms with Crippen molar-refractivity contribution in [2.75, 3.05) is 6.79 Å². The molecule has 1 aromatic heterocycles. The summed E-state index contributed by atoms with van der Waals surface area (Å²) in [7, 11) is 0. The van der Waals surface area contributed by atoms with E-state index in [1.54, 1.807) is 19.1 Å². The minimum Gasteiger partial charge on any atom is -0.454 e. The summed E-state index contributed by atoms with van der Waals surface area (Å²) < 4.78 is 10.6. The number of H-pyrrole nitrogens is 1. The van der Waals surface area contributed by atoms with Gasteiger partial charge >= 0.3 is 0 Å². The van der Waals surface area contributed by atoms with Crippen molar-refractivity contribution in [1.82, 2.24) is 15.6 Å². The summed E-state index contributed by atoms with van der Waals surface area (Å²) in [5.41, 5.74) is 5.20. The molecule has 0 aliphatic carbocycles. The van der Waals surface area contributed by atoms with Crippen LogP contribution in [-0.2, 0) is 0 Å². The summed E-state index contributed by atoms with van der Waals surface area (Å²) in [6.45, 7) is 3.87. The van der Waals surface area contributed by atoms with E-state index in [1.807, 2.05) is 31.2 Å². The molecular weight excluding hydrogens is 296 g/mol. The number of amides is 1. The maximum absolute atomic E-state index is 11.8. The molecule has 2 heterocycles. The zero-order valence-electron chi connectivity index (χ0n) is 12.8. The first-order valence-electron chi connectivity index (χ1n) is 7.06. The van der Waals surface area contributed by atoms with Crippen molar-refractivity contribution in [2.45, 2.75) is 13.8 Å². The van der Waals surface area contributed by atoms with Crippen molar-refractivity contribution >= 4 is 17.7 Å². The van der Waals surface area contributed by atoms with Crippen molar-refractivity contribution < 1.29 is 14.3 Å². The number of ether oxygens (including phenoxy) is 2. The average Bonchev–Trinajstić information content (AvgIpc) is 3.18. The lowest BCUT2D eigenvalue weighted by molar-refractivity contribution is 0.0950. The normalized spacial score (nSPS) is 13.6. The Bertz CT molecular complexity index is 792. The maximum Gasteiger partial charge on any atom is 0.291 e. The lowest BCUT2D eigenvalue weighted by Gasteiger charge is -1.98. The second-order valence-electron chi connectivity index (χ2n) is 5.08. The van der Waals surface area contributed by atoms with Crippen LogP contribution in [0.4, 0.5) is 0 Å². The summed E-state index contributed by atoms with van der Waals surface area (Å²) in [6, 6.07) is 7.32. The number of aromatic nitrogens is 2. The zero-order valence-corrected chi connectivity index (χ0v) is 12.8.